The highest BCUT2D eigenvalue weighted by molar-refractivity contribution is 5.17. The summed E-state index contributed by atoms with van der Waals surface area (Å²) < 4.78 is 12.6. The fraction of sp³-hybridized carbons (Fsp3) is 0.846. The Labute approximate surface area is 114 Å². The maximum atomic E-state index is 5.67. The molecule has 1 aliphatic heterocycles. The molecule has 0 atom stereocenters. The molecule has 1 aromatic heterocycles. The van der Waals surface area contributed by atoms with Crippen molar-refractivity contribution in [2.24, 2.45) is 5.73 Å². The zero-order chi connectivity index (χ0) is 13.5. The van der Waals surface area contributed by atoms with E-state index in [-0.39, 0.29) is 0 Å². The Morgan fingerprint density at radius 3 is 2.89 bits per heavy atom. The van der Waals surface area contributed by atoms with Gasteiger partial charge in [0, 0.05) is 45.8 Å². The average Bonchev–Trinajstić information content (AvgIpc) is 2.84. The van der Waals surface area contributed by atoms with Gasteiger partial charge in [0.05, 0.1) is 11.4 Å². The molecule has 1 aromatic rings. The number of hydrogen-bond donors (Lipinski definition) is 1. The van der Waals surface area contributed by atoms with Crippen LogP contribution in [0.15, 0.2) is 0 Å². The summed E-state index contributed by atoms with van der Waals surface area (Å²) in [4.78, 5) is 0. The van der Waals surface area contributed by atoms with Gasteiger partial charge in [-0.05, 0) is 25.8 Å². The highest BCUT2D eigenvalue weighted by Crippen LogP contribution is 2.28. The number of ether oxygens (including phenoxy) is 2. The summed E-state index contributed by atoms with van der Waals surface area (Å²) in [7, 11) is 1.72. The van der Waals surface area contributed by atoms with Crippen LogP contribution in [0.1, 0.15) is 36.6 Å². The third kappa shape index (κ3) is 3.75. The van der Waals surface area contributed by atoms with Crippen LogP contribution in [0, 0.1) is 0 Å². The smallest absolute Gasteiger partial charge is 0.0874 e. The normalized spacial score (nSPS) is 16.9. The first-order chi connectivity index (χ1) is 9.36. The molecule has 0 saturated carbocycles. The lowest BCUT2D eigenvalue weighted by Crippen LogP contribution is -2.20. The zero-order valence-electron chi connectivity index (χ0n) is 11.7. The second-order valence-corrected chi connectivity index (χ2v) is 4.92. The van der Waals surface area contributed by atoms with Gasteiger partial charge in [0.2, 0.25) is 0 Å². The number of aromatic nitrogens is 3. The van der Waals surface area contributed by atoms with Gasteiger partial charge in [-0.25, -0.2) is 4.68 Å². The summed E-state index contributed by atoms with van der Waals surface area (Å²) in [6.45, 7) is 3.89. The van der Waals surface area contributed by atoms with Crippen LogP contribution in [0.25, 0.3) is 0 Å². The number of nitrogens with zero attached hydrogens (tertiary/aromatic N) is 3. The molecule has 19 heavy (non-hydrogen) atoms. The van der Waals surface area contributed by atoms with E-state index >= 15 is 0 Å². The average molecular weight is 268 g/mol. The molecule has 1 fully saturated rings. The van der Waals surface area contributed by atoms with Crippen molar-refractivity contribution in [3.63, 3.8) is 0 Å². The van der Waals surface area contributed by atoms with Crippen molar-refractivity contribution in [3.05, 3.63) is 11.4 Å². The molecule has 108 valence electrons. The van der Waals surface area contributed by atoms with Crippen LogP contribution >= 0.6 is 0 Å². The van der Waals surface area contributed by atoms with Crippen molar-refractivity contribution in [2.75, 3.05) is 33.5 Å². The molecule has 0 amide bonds. The fourth-order valence-corrected chi connectivity index (χ4v) is 2.61. The second kappa shape index (κ2) is 7.57. The monoisotopic (exact) mass is 268 g/mol. The van der Waals surface area contributed by atoms with Gasteiger partial charge in [-0.15, -0.1) is 5.10 Å². The van der Waals surface area contributed by atoms with Gasteiger partial charge >= 0.3 is 0 Å². The highest BCUT2D eigenvalue weighted by Gasteiger charge is 2.24. The van der Waals surface area contributed by atoms with E-state index in [0.717, 1.165) is 57.7 Å². The van der Waals surface area contributed by atoms with Crippen LogP contribution in [-0.4, -0.2) is 48.5 Å². The van der Waals surface area contributed by atoms with E-state index in [2.05, 4.69) is 10.3 Å². The van der Waals surface area contributed by atoms with Crippen molar-refractivity contribution in [1.82, 2.24) is 15.0 Å². The van der Waals surface area contributed by atoms with Crippen LogP contribution in [0.2, 0.25) is 0 Å². The van der Waals surface area contributed by atoms with Gasteiger partial charge < -0.3 is 15.2 Å². The standard InChI is InChI=1S/C13H24N4O2/c1-18-8-2-7-17-13(11-4-9-19-10-5-11)12(3-6-14)15-16-17/h11H,2-10,14H2,1H3. The lowest BCUT2D eigenvalue weighted by Gasteiger charge is -2.23. The lowest BCUT2D eigenvalue weighted by molar-refractivity contribution is 0.0831. The predicted octanol–water partition coefficient (Wildman–Crippen LogP) is 0.710. The third-order valence-electron chi connectivity index (χ3n) is 3.55. The molecule has 2 N–H and O–H groups in total. The maximum absolute atomic E-state index is 5.67. The SMILES string of the molecule is COCCCn1nnc(CCN)c1C1CCOCC1. The van der Waals surface area contributed by atoms with Gasteiger partial charge in [0.1, 0.15) is 0 Å². The fourth-order valence-electron chi connectivity index (χ4n) is 2.61. The van der Waals surface area contributed by atoms with E-state index in [9.17, 15) is 0 Å². The molecule has 1 aliphatic rings. The van der Waals surface area contributed by atoms with E-state index in [1.165, 1.54) is 5.69 Å². The molecular formula is C13H24N4O2. The Balaban J connectivity index is 2.12. The Morgan fingerprint density at radius 2 is 2.21 bits per heavy atom. The largest absolute Gasteiger partial charge is 0.385 e. The van der Waals surface area contributed by atoms with E-state index in [1.54, 1.807) is 7.11 Å². The summed E-state index contributed by atoms with van der Waals surface area (Å²) in [5.74, 6) is 0.507. The second-order valence-electron chi connectivity index (χ2n) is 4.92. The van der Waals surface area contributed by atoms with Gasteiger partial charge in [0.15, 0.2) is 0 Å². The summed E-state index contributed by atoms with van der Waals surface area (Å²) in [5.41, 5.74) is 8.00. The van der Waals surface area contributed by atoms with Crippen LogP contribution in [0.5, 0.6) is 0 Å². The first-order valence-electron chi connectivity index (χ1n) is 7.05. The minimum Gasteiger partial charge on any atom is -0.385 e. The van der Waals surface area contributed by atoms with E-state index in [1.807, 2.05) is 4.68 Å². The van der Waals surface area contributed by atoms with Gasteiger partial charge in [-0.2, -0.15) is 0 Å². The molecule has 0 bridgehead atoms. The Hall–Kier alpha value is -0.980. The molecule has 1 saturated heterocycles. The number of methoxy groups -OCH3 is 1. The zero-order valence-corrected chi connectivity index (χ0v) is 11.7. The summed E-state index contributed by atoms with van der Waals surface area (Å²) in [6, 6.07) is 0. The minimum absolute atomic E-state index is 0.507. The number of nitrogens with two attached hydrogens (primary N) is 1. The Kier molecular flexibility index (Phi) is 5.75. The Bertz CT molecular complexity index is 375. The molecule has 6 heteroatoms. The van der Waals surface area contributed by atoms with E-state index in [4.69, 9.17) is 15.2 Å². The van der Waals surface area contributed by atoms with Crippen molar-refractivity contribution in [3.8, 4) is 0 Å². The van der Waals surface area contributed by atoms with Gasteiger partial charge in [-0.3, -0.25) is 0 Å². The first kappa shape index (κ1) is 14.4. The molecule has 6 nitrogen and oxygen atoms in total. The maximum Gasteiger partial charge on any atom is 0.0874 e. The van der Waals surface area contributed by atoms with Crippen LogP contribution in [0.4, 0.5) is 0 Å². The highest BCUT2D eigenvalue weighted by atomic mass is 16.5. The summed E-state index contributed by atoms with van der Waals surface area (Å²) in [5, 5.41) is 8.61. The third-order valence-corrected chi connectivity index (χ3v) is 3.55. The number of hydrogen-bond acceptors (Lipinski definition) is 5. The van der Waals surface area contributed by atoms with Crippen LogP contribution in [0.3, 0.4) is 0 Å². The predicted molar refractivity (Wildman–Crippen MR) is 72.1 cm³/mol. The molecule has 2 heterocycles. The quantitative estimate of drug-likeness (QED) is 0.737. The number of aryl methyl sites for hydroxylation is 1. The van der Waals surface area contributed by atoms with E-state index < -0.39 is 0 Å². The van der Waals surface area contributed by atoms with Crippen LogP contribution < -0.4 is 5.73 Å². The molecular weight excluding hydrogens is 244 g/mol. The number of rotatable bonds is 7. The first-order valence-corrected chi connectivity index (χ1v) is 7.05. The summed E-state index contributed by atoms with van der Waals surface area (Å²) in [6.07, 6.45) is 3.86. The van der Waals surface area contributed by atoms with Crippen molar-refractivity contribution >= 4 is 0 Å². The minimum atomic E-state index is 0.507. The van der Waals surface area contributed by atoms with Crippen molar-refractivity contribution < 1.29 is 9.47 Å². The van der Waals surface area contributed by atoms with Gasteiger partial charge in [0.25, 0.3) is 0 Å². The molecule has 0 radical (unpaired) electrons. The van der Waals surface area contributed by atoms with Crippen LogP contribution in [-0.2, 0) is 22.4 Å². The Morgan fingerprint density at radius 1 is 1.42 bits per heavy atom. The topological polar surface area (TPSA) is 75.2 Å². The molecule has 2 rings (SSSR count). The molecule has 0 aromatic carbocycles. The van der Waals surface area contributed by atoms with Crippen molar-refractivity contribution in [1.29, 1.82) is 0 Å². The molecule has 0 aliphatic carbocycles. The lowest BCUT2D eigenvalue weighted by atomic mass is 9.94. The molecule has 0 unspecified atom stereocenters. The van der Waals surface area contributed by atoms with Gasteiger partial charge in [-0.1, -0.05) is 5.21 Å². The summed E-state index contributed by atoms with van der Waals surface area (Å²) >= 11 is 0. The van der Waals surface area contributed by atoms with E-state index in [0.29, 0.717) is 12.5 Å². The molecule has 0 spiro atoms. The van der Waals surface area contributed by atoms with Crippen molar-refractivity contribution in [2.45, 2.75) is 38.1 Å².